The van der Waals surface area contributed by atoms with Gasteiger partial charge in [0, 0.05) is 6.04 Å². The summed E-state index contributed by atoms with van der Waals surface area (Å²) in [4.78, 5) is 11.5. The molecule has 2 fully saturated rings. The third-order valence-corrected chi connectivity index (χ3v) is 3.64. The zero-order valence-electron chi connectivity index (χ0n) is 10.6. The molecule has 2 rings (SSSR count). The summed E-state index contributed by atoms with van der Waals surface area (Å²) in [5.74, 6) is -0.000753. The Hall–Kier alpha value is -0.745. The lowest BCUT2D eigenvalue weighted by atomic mass is 9.67. The Kier molecular flexibility index (Phi) is 2.90. The summed E-state index contributed by atoms with van der Waals surface area (Å²) < 4.78 is 5.16. The van der Waals surface area contributed by atoms with Crippen LogP contribution in [0.25, 0.3) is 0 Å². The van der Waals surface area contributed by atoms with Crippen molar-refractivity contribution in [1.82, 2.24) is 5.32 Å². The van der Waals surface area contributed by atoms with Crippen LogP contribution in [-0.2, 0) is 4.74 Å². The summed E-state index contributed by atoms with van der Waals surface area (Å²) in [6.07, 6.45) is 2.12. The molecule has 0 aliphatic heterocycles. The smallest absolute Gasteiger partial charge is 0.444 e. The lowest BCUT2D eigenvalue weighted by Gasteiger charge is -2.37. The van der Waals surface area contributed by atoms with Gasteiger partial charge in [-0.25, -0.2) is 4.79 Å². The zero-order valence-corrected chi connectivity index (χ0v) is 10.6. The molecule has 0 heterocycles. The average molecular weight is 241 g/mol. The van der Waals surface area contributed by atoms with Gasteiger partial charge in [-0.3, -0.25) is 0 Å². The second-order valence-corrected chi connectivity index (χ2v) is 6.34. The van der Waals surface area contributed by atoms with Gasteiger partial charge in [0.15, 0.2) is 0 Å². The first-order valence-electron chi connectivity index (χ1n) is 6.07. The van der Waals surface area contributed by atoms with Gasteiger partial charge < -0.3 is 20.1 Å². The van der Waals surface area contributed by atoms with E-state index >= 15 is 0 Å². The molecular weight excluding hydrogens is 221 g/mol. The van der Waals surface area contributed by atoms with Gasteiger partial charge in [-0.15, -0.1) is 0 Å². The van der Waals surface area contributed by atoms with Gasteiger partial charge in [0.25, 0.3) is 0 Å². The van der Waals surface area contributed by atoms with Crippen LogP contribution in [0.3, 0.4) is 0 Å². The van der Waals surface area contributed by atoms with Crippen molar-refractivity contribution in [3.05, 3.63) is 0 Å². The highest BCUT2D eigenvalue weighted by Gasteiger charge is 2.65. The molecule has 0 aromatic rings. The molecule has 2 aliphatic carbocycles. The molecule has 2 aliphatic rings. The number of carbonyl (C=O) groups is 1. The lowest BCUT2D eigenvalue weighted by Crippen LogP contribution is -2.47. The van der Waals surface area contributed by atoms with Crippen LogP contribution in [0.5, 0.6) is 0 Å². The number of alkyl carbamates (subject to hydrolysis) is 1. The van der Waals surface area contributed by atoms with Crippen molar-refractivity contribution >= 4 is 13.2 Å². The van der Waals surface area contributed by atoms with Gasteiger partial charge in [-0.2, -0.15) is 0 Å². The highest BCUT2D eigenvalue weighted by Crippen LogP contribution is 2.69. The van der Waals surface area contributed by atoms with Crippen LogP contribution >= 0.6 is 0 Å². The molecule has 96 valence electrons. The molecular formula is C11H20BNO4. The number of rotatable bonds is 2. The first-order chi connectivity index (χ1) is 7.72. The Morgan fingerprint density at radius 1 is 1.35 bits per heavy atom. The SMILES string of the molecule is CC(C)(C)OC(=O)NC1CC2(C1)CC2B(O)O. The monoisotopic (exact) mass is 241 g/mol. The molecule has 0 aromatic heterocycles. The van der Waals surface area contributed by atoms with Crippen molar-refractivity contribution < 1.29 is 19.6 Å². The summed E-state index contributed by atoms with van der Waals surface area (Å²) in [7, 11) is -1.21. The van der Waals surface area contributed by atoms with Gasteiger partial charge in [0.1, 0.15) is 5.60 Å². The molecule has 1 atom stereocenters. The normalized spacial score (nSPS) is 35.1. The predicted octanol–water partition coefficient (Wildman–Crippen LogP) is 0.907. The number of ether oxygens (including phenoxy) is 1. The van der Waals surface area contributed by atoms with E-state index in [1.54, 1.807) is 0 Å². The summed E-state index contributed by atoms with van der Waals surface area (Å²) >= 11 is 0. The van der Waals surface area contributed by atoms with Gasteiger partial charge >= 0.3 is 13.2 Å². The fourth-order valence-electron chi connectivity index (χ4n) is 2.77. The Labute approximate surface area is 102 Å². The Morgan fingerprint density at radius 3 is 2.35 bits per heavy atom. The van der Waals surface area contributed by atoms with Gasteiger partial charge in [0.2, 0.25) is 0 Å². The van der Waals surface area contributed by atoms with E-state index in [9.17, 15) is 4.79 Å². The largest absolute Gasteiger partial charge is 0.455 e. The minimum absolute atomic E-state index is 0.000753. The standard InChI is InChI=1S/C11H20BNO4/c1-10(2,3)17-9(14)13-7-4-11(5-7)6-8(11)12(15)16/h7-8,15-16H,4-6H2,1-3H3,(H,13,14). The number of amides is 1. The summed E-state index contributed by atoms with van der Waals surface area (Å²) in [6, 6.07) is 0.119. The van der Waals surface area contributed by atoms with Gasteiger partial charge in [-0.05, 0) is 51.3 Å². The van der Waals surface area contributed by atoms with Crippen LogP contribution < -0.4 is 5.32 Å². The Morgan fingerprint density at radius 2 is 1.94 bits per heavy atom. The summed E-state index contributed by atoms with van der Waals surface area (Å²) in [6.45, 7) is 5.48. The lowest BCUT2D eigenvalue weighted by molar-refractivity contribution is 0.0440. The summed E-state index contributed by atoms with van der Waals surface area (Å²) in [5.41, 5.74) is -0.400. The molecule has 3 N–H and O–H groups in total. The van der Waals surface area contributed by atoms with Crippen molar-refractivity contribution in [2.75, 3.05) is 0 Å². The fourth-order valence-corrected chi connectivity index (χ4v) is 2.77. The van der Waals surface area contributed by atoms with Crippen LogP contribution in [0.15, 0.2) is 0 Å². The van der Waals surface area contributed by atoms with Crippen LogP contribution in [0.4, 0.5) is 4.79 Å². The van der Waals surface area contributed by atoms with Crippen molar-refractivity contribution in [2.45, 2.75) is 57.5 Å². The number of hydrogen-bond acceptors (Lipinski definition) is 4. The van der Waals surface area contributed by atoms with Crippen LogP contribution in [-0.4, -0.2) is 34.9 Å². The van der Waals surface area contributed by atoms with Crippen LogP contribution in [0, 0.1) is 5.41 Å². The average Bonchev–Trinajstić information content (AvgIpc) is 2.74. The van der Waals surface area contributed by atoms with E-state index in [0.717, 1.165) is 19.3 Å². The molecule has 0 aromatic carbocycles. The predicted molar refractivity (Wildman–Crippen MR) is 63.4 cm³/mol. The van der Waals surface area contributed by atoms with E-state index in [-0.39, 0.29) is 23.4 Å². The second-order valence-electron chi connectivity index (χ2n) is 6.34. The molecule has 0 bridgehead atoms. The molecule has 0 radical (unpaired) electrons. The van der Waals surface area contributed by atoms with Crippen LogP contribution in [0.1, 0.15) is 40.0 Å². The number of nitrogens with one attached hydrogen (secondary N) is 1. The molecule has 1 amide bonds. The Bertz CT molecular complexity index is 320. The molecule has 2 saturated carbocycles. The van der Waals surface area contributed by atoms with E-state index < -0.39 is 12.7 Å². The first kappa shape index (κ1) is 12.7. The maximum atomic E-state index is 11.5. The quantitative estimate of drug-likeness (QED) is 0.628. The van der Waals surface area contributed by atoms with Gasteiger partial charge in [-0.1, -0.05) is 0 Å². The minimum atomic E-state index is -1.21. The fraction of sp³-hybridized carbons (Fsp3) is 0.909. The Balaban J connectivity index is 1.70. The minimum Gasteiger partial charge on any atom is -0.444 e. The zero-order chi connectivity index (χ0) is 12.8. The van der Waals surface area contributed by atoms with E-state index in [4.69, 9.17) is 14.8 Å². The molecule has 6 heteroatoms. The maximum absolute atomic E-state index is 11.5. The van der Waals surface area contributed by atoms with Crippen molar-refractivity contribution in [1.29, 1.82) is 0 Å². The van der Waals surface area contributed by atoms with Crippen molar-refractivity contribution in [3.8, 4) is 0 Å². The van der Waals surface area contributed by atoms with Gasteiger partial charge in [0.05, 0.1) is 0 Å². The van der Waals surface area contributed by atoms with E-state index in [2.05, 4.69) is 5.32 Å². The van der Waals surface area contributed by atoms with Crippen LogP contribution in [0.2, 0.25) is 5.82 Å². The van der Waals surface area contributed by atoms with Crippen molar-refractivity contribution in [3.63, 3.8) is 0 Å². The first-order valence-corrected chi connectivity index (χ1v) is 6.07. The molecule has 0 saturated heterocycles. The topological polar surface area (TPSA) is 78.8 Å². The second kappa shape index (κ2) is 3.88. The van der Waals surface area contributed by atoms with Crippen molar-refractivity contribution in [2.24, 2.45) is 5.41 Å². The number of carbonyl (C=O) groups excluding carboxylic acids is 1. The highest BCUT2D eigenvalue weighted by atomic mass is 16.6. The highest BCUT2D eigenvalue weighted by molar-refractivity contribution is 6.44. The third kappa shape index (κ3) is 2.74. The molecule has 5 nitrogen and oxygen atoms in total. The number of hydrogen-bond donors (Lipinski definition) is 3. The molecule has 1 unspecified atom stereocenters. The third-order valence-electron chi connectivity index (χ3n) is 3.64. The molecule has 17 heavy (non-hydrogen) atoms. The molecule has 1 spiro atoms. The van der Waals surface area contributed by atoms with E-state index in [0.29, 0.717) is 0 Å². The summed E-state index contributed by atoms with van der Waals surface area (Å²) in [5, 5.41) is 20.9. The van der Waals surface area contributed by atoms with E-state index in [1.165, 1.54) is 0 Å². The van der Waals surface area contributed by atoms with E-state index in [1.807, 2.05) is 20.8 Å². The maximum Gasteiger partial charge on any atom is 0.455 e.